The molecule has 1 aliphatic rings. The van der Waals surface area contributed by atoms with Crippen LogP contribution in [0.5, 0.6) is 0 Å². The number of pyridine rings is 1. The Balaban J connectivity index is 1.80. The lowest BCUT2D eigenvalue weighted by atomic mass is 10.0. The molecule has 0 amide bonds. The summed E-state index contributed by atoms with van der Waals surface area (Å²) in [7, 11) is 8.46. The molecule has 120 valence electrons. The van der Waals surface area contributed by atoms with Crippen molar-refractivity contribution >= 4 is 17.0 Å². The van der Waals surface area contributed by atoms with Gasteiger partial charge in [0.25, 0.3) is 0 Å². The minimum absolute atomic E-state index is 0.694. The highest BCUT2D eigenvalue weighted by Gasteiger charge is 2.21. The maximum atomic E-state index is 4.87. The van der Waals surface area contributed by atoms with E-state index in [9.17, 15) is 0 Å². The Labute approximate surface area is 132 Å². The van der Waals surface area contributed by atoms with E-state index in [0.717, 1.165) is 36.7 Å². The smallest absolute Gasteiger partial charge is 0.163 e. The van der Waals surface area contributed by atoms with Gasteiger partial charge in [-0.05, 0) is 53.2 Å². The first-order valence-corrected chi connectivity index (χ1v) is 7.92. The summed E-state index contributed by atoms with van der Waals surface area (Å²) < 4.78 is 2.10. The molecule has 6 heteroatoms. The van der Waals surface area contributed by atoms with Crippen molar-refractivity contribution in [3.8, 4) is 0 Å². The summed E-state index contributed by atoms with van der Waals surface area (Å²) in [5.74, 6) is 1.07. The molecule has 1 fully saturated rings. The van der Waals surface area contributed by atoms with Crippen LogP contribution >= 0.6 is 0 Å². The highest BCUT2D eigenvalue weighted by molar-refractivity contribution is 5.73. The van der Waals surface area contributed by atoms with E-state index in [1.165, 1.54) is 12.8 Å². The summed E-state index contributed by atoms with van der Waals surface area (Å²) in [4.78, 5) is 16.2. The van der Waals surface area contributed by atoms with Crippen molar-refractivity contribution in [2.75, 3.05) is 46.2 Å². The quantitative estimate of drug-likeness (QED) is 0.855. The largest absolute Gasteiger partial charge is 0.356 e. The molecule has 0 aliphatic carbocycles. The molecule has 0 spiro atoms. The zero-order valence-electron chi connectivity index (χ0n) is 14.0. The summed E-state index contributed by atoms with van der Waals surface area (Å²) in [6.45, 7) is 2.95. The summed E-state index contributed by atoms with van der Waals surface area (Å²) in [5, 5.41) is 0. The van der Waals surface area contributed by atoms with E-state index in [0.29, 0.717) is 6.04 Å². The zero-order valence-corrected chi connectivity index (χ0v) is 14.0. The molecular formula is C16H26N6. The van der Waals surface area contributed by atoms with Gasteiger partial charge in [0.2, 0.25) is 0 Å². The predicted molar refractivity (Wildman–Crippen MR) is 90.1 cm³/mol. The summed E-state index contributed by atoms with van der Waals surface area (Å²) >= 11 is 0. The lowest BCUT2D eigenvalue weighted by Gasteiger charge is -2.35. The molecule has 0 radical (unpaired) electrons. The SMILES string of the molecule is CN(C)Cn1cnc2ccc(N3CCC(N(C)C)CC3)nc21. The highest BCUT2D eigenvalue weighted by Crippen LogP contribution is 2.22. The molecule has 22 heavy (non-hydrogen) atoms. The molecule has 1 saturated heterocycles. The summed E-state index contributed by atoms with van der Waals surface area (Å²) in [5.41, 5.74) is 1.94. The molecule has 2 aromatic rings. The molecule has 0 bridgehead atoms. The number of anilines is 1. The molecule has 0 saturated carbocycles. The number of nitrogens with zero attached hydrogens (tertiary/aromatic N) is 6. The molecule has 0 unspecified atom stereocenters. The second kappa shape index (κ2) is 6.22. The molecule has 0 N–H and O–H groups in total. The van der Waals surface area contributed by atoms with Crippen LogP contribution in [0.25, 0.3) is 11.2 Å². The van der Waals surface area contributed by atoms with Gasteiger partial charge >= 0.3 is 0 Å². The van der Waals surface area contributed by atoms with Crippen LogP contribution in [0.2, 0.25) is 0 Å². The van der Waals surface area contributed by atoms with Gasteiger partial charge in [-0.3, -0.25) is 4.90 Å². The van der Waals surface area contributed by atoms with Crippen molar-refractivity contribution in [2.24, 2.45) is 0 Å². The van der Waals surface area contributed by atoms with Gasteiger partial charge in [0.05, 0.1) is 13.0 Å². The van der Waals surface area contributed by atoms with Crippen molar-refractivity contribution in [3.63, 3.8) is 0 Å². The van der Waals surface area contributed by atoms with Crippen LogP contribution in [-0.4, -0.2) is 71.7 Å². The fraction of sp³-hybridized carbons (Fsp3) is 0.625. The maximum Gasteiger partial charge on any atom is 0.163 e. The minimum atomic E-state index is 0.694. The van der Waals surface area contributed by atoms with E-state index >= 15 is 0 Å². The third-order valence-electron chi connectivity index (χ3n) is 4.40. The lowest BCUT2D eigenvalue weighted by Crippen LogP contribution is -2.42. The van der Waals surface area contributed by atoms with Crippen LogP contribution in [0.15, 0.2) is 18.5 Å². The fourth-order valence-electron chi connectivity index (χ4n) is 3.13. The van der Waals surface area contributed by atoms with Gasteiger partial charge < -0.3 is 14.4 Å². The van der Waals surface area contributed by atoms with E-state index in [-0.39, 0.29) is 0 Å². The van der Waals surface area contributed by atoms with Crippen LogP contribution in [0.1, 0.15) is 12.8 Å². The first-order chi connectivity index (χ1) is 10.5. The van der Waals surface area contributed by atoms with Gasteiger partial charge in [-0.2, -0.15) is 0 Å². The number of aromatic nitrogens is 3. The van der Waals surface area contributed by atoms with E-state index in [4.69, 9.17) is 4.98 Å². The molecule has 0 atom stereocenters. The van der Waals surface area contributed by atoms with Gasteiger partial charge in [0.1, 0.15) is 11.3 Å². The third kappa shape index (κ3) is 3.08. The average molecular weight is 302 g/mol. The van der Waals surface area contributed by atoms with Crippen LogP contribution in [-0.2, 0) is 6.67 Å². The van der Waals surface area contributed by atoms with E-state index in [1.54, 1.807) is 0 Å². The van der Waals surface area contributed by atoms with Gasteiger partial charge in [-0.15, -0.1) is 0 Å². The topological polar surface area (TPSA) is 40.4 Å². The second-order valence-electron chi connectivity index (χ2n) is 6.63. The Bertz CT molecular complexity index is 625. The van der Waals surface area contributed by atoms with Gasteiger partial charge in [-0.25, -0.2) is 9.97 Å². The predicted octanol–water partition coefficient (Wildman–Crippen LogP) is 1.48. The van der Waals surface area contributed by atoms with Crippen LogP contribution in [0.4, 0.5) is 5.82 Å². The van der Waals surface area contributed by atoms with Crippen LogP contribution in [0, 0.1) is 0 Å². The number of imidazole rings is 1. The maximum absolute atomic E-state index is 4.87. The molecular weight excluding hydrogens is 276 g/mol. The van der Waals surface area contributed by atoms with Gasteiger partial charge in [-0.1, -0.05) is 0 Å². The Morgan fingerprint density at radius 3 is 2.50 bits per heavy atom. The number of fused-ring (bicyclic) bond motifs is 1. The van der Waals surface area contributed by atoms with E-state index < -0.39 is 0 Å². The highest BCUT2D eigenvalue weighted by atomic mass is 15.3. The molecule has 0 aromatic carbocycles. The van der Waals surface area contributed by atoms with Crippen molar-refractivity contribution in [1.82, 2.24) is 24.3 Å². The molecule has 1 aliphatic heterocycles. The van der Waals surface area contributed by atoms with Crippen molar-refractivity contribution in [3.05, 3.63) is 18.5 Å². The Hall–Kier alpha value is -1.66. The summed E-state index contributed by atoms with van der Waals surface area (Å²) in [6, 6.07) is 4.88. The number of hydrogen-bond donors (Lipinski definition) is 0. The normalized spacial score (nSPS) is 17.1. The Morgan fingerprint density at radius 2 is 1.86 bits per heavy atom. The molecule has 6 nitrogen and oxygen atoms in total. The van der Waals surface area contributed by atoms with Crippen molar-refractivity contribution < 1.29 is 0 Å². The monoisotopic (exact) mass is 302 g/mol. The Kier molecular flexibility index (Phi) is 4.31. The standard InChI is InChI=1S/C16H26N6/c1-19(2)12-22-11-17-14-5-6-15(18-16(14)22)21-9-7-13(8-10-21)20(3)4/h5-6,11,13H,7-10,12H2,1-4H3. The molecule has 3 rings (SSSR count). The van der Waals surface area contributed by atoms with Crippen LogP contribution in [0.3, 0.4) is 0 Å². The number of piperidine rings is 1. The molecule has 3 heterocycles. The van der Waals surface area contributed by atoms with Gasteiger partial charge in [0, 0.05) is 19.1 Å². The average Bonchev–Trinajstić information content (AvgIpc) is 2.89. The first-order valence-electron chi connectivity index (χ1n) is 7.92. The first kappa shape index (κ1) is 15.2. The minimum Gasteiger partial charge on any atom is -0.356 e. The van der Waals surface area contributed by atoms with Crippen molar-refractivity contribution in [2.45, 2.75) is 25.6 Å². The zero-order chi connectivity index (χ0) is 15.7. The van der Waals surface area contributed by atoms with Crippen molar-refractivity contribution in [1.29, 1.82) is 0 Å². The third-order valence-corrected chi connectivity index (χ3v) is 4.40. The van der Waals surface area contributed by atoms with Crippen LogP contribution < -0.4 is 4.90 Å². The van der Waals surface area contributed by atoms with E-state index in [2.05, 4.69) is 64.6 Å². The molecule has 2 aromatic heterocycles. The second-order valence-corrected chi connectivity index (χ2v) is 6.63. The summed E-state index contributed by atoms with van der Waals surface area (Å²) in [6.07, 6.45) is 4.27. The number of hydrogen-bond acceptors (Lipinski definition) is 5. The fourth-order valence-corrected chi connectivity index (χ4v) is 3.13. The lowest BCUT2D eigenvalue weighted by molar-refractivity contribution is 0.249. The van der Waals surface area contributed by atoms with E-state index in [1.807, 2.05) is 6.33 Å². The number of rotatable bonds is 4. The Morgan fingerprint density at radius 1 is 1.14 bits per heavy atom. The van der Waals surface area contributed by atoms with Gasteiger partial charge in [0.15, 0.2) is 5.65 Å².